The molecule has 0 aromatic carbocycles. The Bertz CT molecular complexity index is 98.9. The van der Waals surface area contributed by atoms with Crippen molar-refractivity contribution in [3.05, 3.63) is 0 Å². The monoisotopic (exact) mass is 142 g/mol. The lowest BCUT2D eigenvalue weighted by Crippen LogP contribution is -2.25. The van der Waals surface area contributed by atoms with Crippen LogP contribution in [0.2, 0.25) is 0 Å². The molecular weight excluding hydrogens is 124 g/mol. The van der Waals surface area contributed by atoms with Gasteiger partial charge in [0.25, 0.3) is 0 Å². The van der Waals surface area contributed by atoms with Crippen LogP contribution in [0, 0.1) is 11.8 Å². The minimum atomic E-state index is 0.501. The first-order valence-corrected chi connectivity index (χ1v) is 4.31. The van der Waals surface area contributed by atoms with Crippen molar-refractivity contribution in [3.8, 4) is 0 Å². The van der Waals surface area contributed by atoms with Gasteiger partial charge in [-0.15, -0.1) is 0 Å². The second-order valence-corrected chi connectivity index (χ2v) is 3.71. The minimum absolute atomic E-state index is 0.501. The van der Waals surface area contributed by atoms with Gasteiger partial charge in [0.15, 0.2) is 0 Å². The molecule has 60 valence electrons. The average Bonchev–Trinajstić information content (AvgIpc) is 1.88. The maximum absolute atomic E-state index is 5.46. The Labute approximate surface area is 63.8 Å². The van der Waals surface area contributed by atoms with Crippen LogP contribution in [0.3, 0.4) is 0 Å². The lowest BCUT2D eigenvalue weighted by atomic mass is 9.86. The summed E-state index contributed by atoms with van der Waals surface area (Å²) in [5.41, 5.74) is 0. The number of rotatable bonds is 1. The maximum Gasteiger partial charge on any atom is 0.0549 e. The Morgan fingerprint density at radius 3 is 2.50 bits per heavy atom. The van der Waals surface area contributed by atoms with Gasteiger partial charge in [-0.3, -0.25) is 0 Å². The van der Waals surface area contributed by atoms with Crippen molar-refractivity contribution >= 4 is 0 Å². The van der Waals surface area contributed by atoms with E-state index < -0.39 is 0 Å². The molecule has 0 saturated carbocycles. The second-order valence-electron chi connectivity index (χ2n) is 3.71. The van der Waals surface area contributed by atoms with Crippen molar-refractivity contribution in [1.29, 1.82) is 0 Å². The molecule has 0 spiro atoms. The molecule has 1 fully saturated rings. The van der Waals surface area contributed by atoms with Gasteiger partial charge in [-0.1, -0.05) is 13.8 Å². The predicted molar refractivity (Wildman–Crippen MR) is 43.0 cm³/mol. The molecule has 10 heavy (non-hydrogen) atoms. The van der Waals surface area contributed by atoms with Crippen molar-refractivity contribution in [3.63, 3.8) is 0 Å². The molecule has 0 N–H and O–H groups in total. The van der Waals surface area contributed by atoms with E-state index in [1.165, 1.54) is 12.8 Å². The van der Waals surface area contributed by atoms with Gasteiger partial charge in [0.05, 0.1) is 6.10 Å². The van der Waals surface area contributed by atoms with E-state index in [1.54, 1.807) is 0 Å². The lowest BCUT2D eigenvalue weighted by molar-refractivity contribution is -0.00795. The highest BCUT2D eigenvalue weighted by Crippen LogP contribution is 2.26. The SMILES string of the molecule is CC(C)[C@H]1CCO[C@@H](C)C1. The summed E-state index contributed by atoms with van der Waals surface area (Å²) >= 11 is 0. The van der Waals surface area contributed by atoms with Crippen LogP contribution in [0.5, 0.6) is 0 Å². The van der Waals surface area contributed by atoms with E-state index in [2.05, 4.69) is 20.8 Å². The Kier molecular flexibility index (Phi) is 2.72. The number of hydrogen-bond donors (Lipinski definition) is 0. The normalized spacial score (nSPS) is 34.8. The summed E-state index contributed by atoms with van der Waals surface area (Å²) in [6.45, 7) is 7.77. The van der Waals surface area contributed by atoms with E-state index in [1.807, 2.05) is 0 Å². The quantitative estimate of drug-likeness (QED) is 0.546. The molecule has 0 aromatic heterocycles. The van der Waals surface area contributed by atoms with Gasteiger partial charge in [0.2, 0.25) is 0 Å². The van der Waals surface area contributed by atoms with Gasteiger partial charge < -0.3 is 4.74 Å². The van der Waals surface area contributed by atoms with Crippen molar-refractivity contribution in [2.45, 2.75) is 39.7 Å². The molecule has 0 aliphatic carbocycles. The number of ether oxygens (including phenoxy) is 1. The number of hydrogen-bond acceptors (Lipinski definition) is 1. The summed E-state index contributed by atoms with van der Waals surface area (Å²) < 4.78 is 5.46. The lowest BCUT2D eigenvalue weighted by Gasteiger charge is -2.29. The highest BCUT2D eigenvalue weighted by molar-refractivity contribution is 4.70. The third-order valence-electron chi connectivity index (χ3n) is 2.47. The van der Waals surface area contributed by atoms with Crippen LogP contribution in [-0.2, 0) is 4.74 Å². The molecule has 0 amide bonds. The topological polar surface area (TPSA) is 9.23 Å². The van der Waals surface area contributed by atoms with E-state index >= 15 is 0 Å². The molecule has 2 atom stereocenters. The molecule has 0 unspecified atom stereocenters. The van der Waals surface area contributed by atoms with Crippen molar-refractivity contribution in [2.24, 2.45) is 11.8 Å². The molecule has 0 aromatic rings. The summed E-state index contributed by atoms with van der Waals surface area (Å²) in [4.78, 5) is 0. The van der Waals surface area contributed by atoms with Gasteiger partial charge >= 0.3 is 0 Å². The first-order chi connectivity index (χ1) is 4.70. The van der Waals surface area contributed by atoms with Gasteiger partial charge in [-0.25, -0.2) is 0 Å². The Morgan fingerprint density at radius 1 is 1.40 bits per heavy atom. The summed E-state index contributed by atoms with van der Waals surface area (Å²) in [6, 6.07) is 0. The molecule has 1 rings (SSSR count). The fraction of sp³-hybridized carbons (Fsp3) is 1.00. The first-order valence-electron chi connectivity index (χ1n) is 4.31. The summed E-state index contributed by atoms with van der Waals surface area (Å²) in [6.07, 6.45) is 3.03. The Hall–Kier alpha value is -0.0400. The van der Waals surface area contributed by atoms with Crippen LogP contribution in [0.15, 0.2) is 0 Å². The highest BCUT2D eigenvalue weighted by Gasteiger charge is 2.21. The van der Waals surface area contributed by atoms with Crippen LogP contribution < -0.4 is 0 Å². The van der Waals surface area contributed by atoms with E-state index in [0.717, 1.165) is 18.4 Å². The molecule has 1 aliphatic heterocycles. The van der Waals surface area contributed by atoms with Gasteiger partial charge in [-0.2, -0.15) is 0 Å². The Balaban J connectivity index is 2.32. The fourth-order valence-corrected chi connectivity index (χ4v) is 1.64. The molecule has 1 saturated heterocycles. The van der Waals surface area contributed by atoms with E-state index in [4.69, 9.17) is 4.74 Å². The van der Waals surface area contributed by atoms with Crippen LogP contribution in [0.25, 0.3) is 0 Å². The molecule has 1 nitrogen and oxygen atoms in total. The zero-order valence-corrected chi connectivity index (χ0v) is 7.26. The van der Waals surface area contributed by atoms with Gasteiger partial charge in [-0.05, 0) is 31.6 Å². The minimum Gasteiger partial charge on any atom is -0.378 e. The van der Waals surface area contributed by atoms with E-state index in [0.29, 0.717) is 6.10 Å². The van der Waals surface area contributed by atoms with Crippen LogP contribution >= 0.6 is 0 Å². The zero-order valence-electron chi connectivity index (χ0n) is 7.26. The van der Waals surface area contributed by atoms with Crippen molar-refractivity contribution < 1.29 is 4.74 Å². The molecule has 1 heterocycles. The molecule has 1 heteroatoms. The van der Waals surface area contributed by atoms with Crippen molar-refractivity contribution in [2.75, 3.05) is 6.61 Å². The third kappa shape index (κ3) is 1.98. The molecule has 0 radical (unpaired) electrons. The average molecular weight is 142 g/mol. The summed E-state index contributed by atoms with van der Waals surface area (Å²) in [5.74, 6) is 1.75. The second kappa shape index (κ2) is 3.38. The molecule has 0 bridgehead atoms. The van der Waals surface area contributed by atoms with Crippen molar-refractivity contribution in [1.82, 2.24) is 0 Å². The summed E-state index contributed by atoms with van der Waals surface area (Å²) in [7, 11) is 0. The van der Waals surface area contributed by atoms with Gasteiger partial charge in [0, 0.05) is 6.61 Å². The van der Waals surface area contributed by atoms with E-state index in [-0.39, 0.29) is 0 Å². The molecular formula is C9H18O. The third-order valence-corrected chi connectivity index (χ3v) is 2.47. The van der Waals surface area contributed by atoms with Crippen LogP contribution in [-0.4, -0.2) is 12.7 Å². The fourth-order valence-electron chi connectivity index (χ4n) is 1.64. The summed E-state index contributed by atoms with van der Waals surface area (Å²) in [5, 5.41) is 0. The Morgan fingerprint density at radius 2 is 2.10 bits per heavy atom. The van der Waals surface area contributed by atoms with Crippen LogP contribution in [0.1, 0.15) is 33.6 Å². The predicted octanol–water partition coefficient (Wildman–Crippen LogP) is 2.46. The smallest absolute Gasteiger partial charge is 0.0549 e. The highest BCUT2D eigenvalue weighted by atomic mass is 16.5. The standard InChI is InChI=1S/C9H18O/c1-7(2)9-4-5-10-8(3)6-9/h7-9H,4-6H2,1-3H3/t8-,9-/m0/s1. The first kappa shape index (κ1) is 8.06. The zero-order chi connectivity index (χ0) is 7.56. The largest absolute Gasteiger partial charge is 0.378 e. The maximum atomic E-state index is 5.46. The van der Waals surface area contributed by atoms with Gasteiger partial charge in [0.1, 0.15) is 0 Å². The molecule has 1 aliphatic rings. The van der Waals surface area contributed by atoms with Crippen LogP contribution in [0.4, 0.5) is 0 Å². The van der Waals surface area contributed by atoms with E-state index in [9.17, 15) is 0 Å².